The van der Waals surface area contributed by atoms with Gasteiger partial charge in [-0.05, 0) is 42.0 Å². The van der Waals surface area contributed by atoms with Crippen LogP contribution in [0.4, 0.5) is 4.39 Å². The number of amides is 1. The molecule has 1 heterocycles. The molecule has 5 nitrogen and oxygen atoms in total. The normalized spacial score (nSPS) is 18.4. The van der Waals surface area contributed by atoms with Crippen molar-refractivity contribution in [3.63, 3.8) is 0 Å². The second-order valence-electron chi connectivity index (χ2n) is 6.88. The van der Waals surface area contributed by atoms with Crippen molar-refractivity contribution in [3.05, 3.63) is 69.4 Å². The molecule has 1 aromatic heterocycles. The van der Waals surface area contributed by atoms with Crippen molar-refractivity contribution in [3.8, 4) is 0 Å². The maximum atomic E-state index is 13.1. The van der Waals surface area contributed by atoms with Gasteiger partial charge < -0.3 is 9.88 Å². The van der Waals surface area contributed by atoms with Crippen LogP contribution in [0.1, 0.15) is 46.0 Å². The summed E-state index contributed by atoms with van der Waals surface area (Å²) in [5.74, 6) is -0.0461. The summed E-state index contributed by atoms with van der Waals surface area (Å²) in [7, 11) is 1.44. The highest BCUT2D eigenvalue weighted by molar-refractivity contribution is 6.00. The molecule has 1 fully saturated rings. The number of Topliss-reactive ketones (excluding diaryl/α,β-unsaturated/α-hetero) is 1. The maximum Gasteiger partial charge on any atom is 0.263 e. The molecule has 1 saturated carbocycles. The lowest BCUT2D eigenvalue weighted by molar-refractivity contribution is 0.0961. The van der Waals surface area contributed by atoms with Gasteiger partial charge in [0.05, 0.1) is 6.54 Å². The van der Waals surface area contributed by atoms with Crippen LogP contribution in [0.3, 0.4) is 0 Å². The van der Waals surface area contributed by atoms with Crippen molar-refractivity contribution < 1.29 is 14.0 Å². The van der Waals surface area contributed by atoms with Crippen molar-refractivity contribution in [2.75, 3.05) is 7.05 Å². The van der Waals surface area contributed by atoms with E-state index in [1.54, 1.807) is 12.1 Å². The molecule has 0 spiro atoms. The quantitative estimate of drug-likeness (QED) is 0.809. The Labute approximate surface area is 150 Å². The van der Waals surface area contributed by atoms with E-state index < -0.39 is 11.5 Å². The first kappa shape index (κ1) is 18.0. The zero-order valence-corrected chi connectivity index (χ0v) is 14.8. The van der Waals surface area contributed by atoms with Crippen LogP contribution >= 0.6 is 0 Å². The van der Waals surface area contributed by atoms with E-state index in [-0.39, 0.29) is 23.7 Å². The number of aromatic nitrogens is 1. The Morgan fingerprint density at radius 1 is 1.27 bits per heavy atom. The van der Waals surface area contributed by atoms with Crippen LogP contribution in [-0.4, -0.2) is 23.3 Å². The van der Waals surface area contributed by atoms with Gasteiger partial charge >= 0.3 is 0 Å². The molecule has 0 aliphatic heterocycles. The molecule has 1 unspecified atom stereocenters. The predicted molar refractivity (Wildman–Crippen MR) is 95.8 cm³/mol. The lowest BCUT2D eigenvalue weighted by atomic mass is 10.0. The third kappa shape index (κ3) is 3.90. The Hall–Kier alpha value is -2.76. The zero-order valence-electron chi connectivity index (χ0n) is 14.8. The highest BCUT2D eigenvalue weighted by Crippen LogP contribution is 2.41. The van der Waals surface area contributed by atoms with Gasteiger partial charge in [0.15, 0.2) is 5.78 Å². The van der Waals surface area contributed by atoms with Gasteiger partial charge in [-0.2, -0.15) is 0 Å². The van der Waals surface area contributed by atoms with E-state index in [4.69, 9.17) is 0 Å². The molecule has 26 heavy (non-hydrogen) atoms. The van der Waals surface area contributed by atoms with Crippen molar-refractivity contribution in [1.82, 2.24) is 9.88 Å². The van der Waals surface area contributed by atoms with Crippen LogP contribution in [0.2, 0.25) is 0 Å². The molecule has 0 bridgehead atoms. The molecule has 1 N–H and O–H groups in total. The minimum Gasteiger partial charge on any atom is -0.355 e. The number of pyridine rings is 1. The van der Waals surface area contributed by atoms with E-state index in [1.165, 1.54) is 36.0 Å². The minimum absolute atomic E-state index is 0.0655. The van der Waals surface area contributed by atoms with Crippen LogP contribution in [0, 0.1) is 17.7 Å². The van der Waals surface area contributed by atoms with Gasteiger partial charge in [0.1, 0.15) is 11.4 Å². The fourth-order valence-electron chi connectivity index (χ4n) is 3.03. The van der Waals surface area contributed by atoms with Gasteiger partial charge in [-0.15, -0.1) is 0 Å². The number of halogens is 1. The number of ketones is 1. The molecule has 0 radical (unpaired) electrons. The van der Waals surface area contributed by atoms with Crippen LogP contribution < -0.4 is 10.9 Å². The van der Waals surface area contributed by atoms with Crippen molar-refractivity contribution in [2.45, 2.75) is 26.3 Å². The molecule has 3 rings (SSSR count). The van der Waals surface area contributed by atoms with E-state index >= 15 is 0 Å². The minimum atomic E-state index is -0.530. The molecule has 0 saturated heterocycles. The molecule has 1 amide bonds. The first-order valence-corrected chi connectivity index (χ1v) is 8.63. The average Bonchev–Trinajstić information content (AvgIpc) is 3.32. The molecule has 1 aromatic carbocycles. The second-order valence-corrected chi connectivity index (χ2v) is 6.88. The summed E-state index contributed by atoms with van der Waals surface area (Å²) in [6.45, 7) is 2.26. The number of nitrogens with one attached hydrogen (secondary N) is 1. The lowest BCUT2D eigenvalue weighted by Crippen LogP contribution is -2.32. The number of rotatable bonds is 6. The SMILES string of the molecule is CNC(=O)c1cc(C(=O)CC2C[C@H]2C)cn(Cc2ccc(F)cc2)c1=O. The summed E-state index contributed by atoms with van der Waals surface area (Å²) < 4.78 is 14.4. The van der Waals surface area contributed by atoms with E-state index in [9.17, 15) is 18.8 Å². The standard InChI is InChI=1S/C20H21FN2O3/c1-12-7-14(12)9-18(24)15-8-17(19(25)22-2)20(26)23(11-15)10-13-3-5-16(21)6-4-13/h3-6,8,11-12,14H,7,9-10H2,1-2H3,(H,22,25)/t12-,14?/m1/s1. The number of benzene rings is 1. The van der Waals surface area contributed by atoms with E-state index in [1.807, 2.05) is 0 Å². The fourth-order valence-corrected chi connectivity index (χ4v) is 3.03. The zero-order chi connectivity index (χ0) is 18.8. The third-order valence-corrected chi connectivity index (χ3v) is 4.87. The second kappa shape index (κ2) is 7.23. The Bertz CT molecular complexity index is 902. The van der Waals surface area contributed by atoms with Crippen molar-refractivity contribution in [2.24, 2.45) is 11.8 Å². The average molecular weight is 356 g/mol. The first-order chi connectivity index (χ1) is 12.4. The number of carbonyl (C=O) groups excluding carboxylic acids is 2. The van der Waals surface area contributed by atoms with Crippen molar-refractivity contribution >= 4 is 11.7 Å². The van der Waals surface area contributed by atoms with Gasteiger partial charge in [0.2, 0.25) is 0 Å². The van der Waals surface area contributed by atoms with E-state index in [0.717, 1.165) is 6.42 Å². The third-order valence-electron chi connectivity index (χ3n) is 4.87. The van der Waals surface area contributed by atoms with Gasteiger partial charge in [-0.25, -0.2) is 4.39 Å². The molecular formula is C20H21FN2O3. The van der Waals surface area contributed by atoms with Gasteiger partial charge in [-0.3, -0.25) is 14.4 Å². The van der Waals surface area contributed by atoms with Crippen LogP contribution in [0.25, 0.3) is 0 Å². The van der Waals surface area contributed by atoms with E-state index in [0.29, 0.717) is 29.4 Å². The number of hydrogen-bond donors (Lipinski definition) is 1. The highest BCUT2D eigenvalue weighted by Gasteiger charge is 2.34. The highest BCUT2D eigenvalue weighted by atomic mass is 19.1. The summed E-state index contributed by atoms with van der Waals surface area (Å²) in [6, 6.07) is 7.13. The first-order valence-electron chi connectivity index (χ1n) is 8.63. The molecule has 136 valence electrons. The number of carbonyl (C=O) groups is 2. The van der Waals surface area contributed by atoms with Crippen molar-refractivity contribution in [1.29, 1.82) is 0 Å². The molecule has 1 aliphatic rings. The summed E-state index contributed by atoms with van der Waals surface area (Å²) in [4.78, 5) is 37.2. The largest absolute Gasteiger partial charge is 0.355 e. The van der Waals surface area contributed by atoms with Gasteiger partial charge in [0, 0.05) is 25.2 Å². The Morgan fingerprint density at radius 3 is 2.50 bits per heavy atom. The van der Waals surface area contributed by atoms with Crippen LogP contribution in [0.5, 0.6) is 0 Å². The monoisotopic (exact) mass is 356 g/mol. The van der Waals surface area contributed by atoms with Crippen LogP contribution in [0.15, 0.2) is 41.3 Å². The smallest absolute Gasteiger partial charge is 0.263 e. The number of nitrogens with zero attached hydrogens (tertiary/aromatic N) is 1. The van der Waals surface area contributed by atoms with Crippen LogP contribution in [-0.2, 0) is 6.54 Å². The summed E-state index contributed by atoms with van der Waals surface area (Å²) in [5.41, 5.74) is 0.510. The summed E-state index contributed by atoms with van der Waals surface area (Å²) in [5, 5.41) is 2.43. The van der Waals surface area contributed by atoms with E-state index in [2.05, 4.69) is 12.2 Å². The Kier molecular flexibility index (Phi) is 5.02. The Morgan fingerprint density at radius 2 is 1.92 bits per heavy atom. The molecule has 2 atom stereocenters. The summed E-state index contributed by atoms with van der Waals surface area (Å²) in [6.07, 6.45) is 2.94. The maximum absolute atomic E-state index is 13.1. The Balaban J connectivity index is 1.96. The molecule has 2 aromatic rings. The predicted octanol–water partition coefficient (Wildman–Crippen LogP) is 2.62. The molecule has 6 heteroatoms. The van der Waals surface area contributed by atoms with Gasteiger partial charge in [-0.1, -0.05) is 19.1 Å². The molecular weight excluding hydrogens is 335 g/mol. The van der Waals surface area contributed by atoms with Gasteiger partial charge in [0.25, 0.3) is 11.5 Å². The number of hydrogen-bond acceptors (Lipinski definition) is 3. The molecule has 1 aliphatic carbocycles. The summed E-state index contributed by atoms with van der Waals surface area (Å²) >= 11 is 0. The lowest BCUT2D eigenvalue weighted by Gasteiger charge is -2.11. The fraction of sp³-hybridized carbons (Fsp3) is 0.350. The topological polar surface area (TPSA) is 68.2 Å².